The summed E-state index contributed by atoms with van der Waals surface area (Å²) in [7, 11) is 0. The van der Waals surface area contributed by atoms with E-state index in [1.54, 1.807) is 6.08 Å². The van der Waals surface area contributed by atoms with E-state index in [1.807, 2.05) is 18.2 Å². The molecule has 0 heterocycles. The van der Waals surface area contributed by atoms with Gasteiger partial charge in [-0.25, -0.2) is 4.79 Å². The number of benzene rings is 1. The van der Waals surface area contributed by atoms with E-state index in [-0.39, 0.29) is 5.41 Å². The van der Waals surface area contributed by atoms with Crippen LogP contribution in [0.25, 0.3) is 0 Å². The Morgan fingerprint density at radius 2 is 2.00 bits per heavy atom. The lowest BCUT2D eigenvalue weighted by atomic mass is 9.85. The van der Waals surface area contributed by atoms with Crippen LogP contribution in [0.4, 0.5) is 0 Å². The summed E-state index contributed by atoms with van der Waals surface area (Å²) in [5.74, 6) is -0.908. The third kappa shape index (κ3) is 4.83. The molecular weight excluding hydrogens is 214 g/mol. The van der Waals surface area contributed by atoms with Crippen LogP contribution >= 0.6 is 0 Å². The van der Waals surface area contributed by atoms with Crippen LogP contribution in [-0.2, 0) is 10.2 Å². The van der Waals surface area contributed by atoms with Crippen molar-refractivity contribution in [2.24, 2.45) is 0 Å². The molecule has 0 bridgehead atoms. The van der Waals surface area contributed by atoms with Gasteiger partial charge in [-0.3, -0.25) is 0 Å². The molecule has 0 aliphatic heterocycles. The first-order valence-corrected chi connectivity index (χ1v) is 5.68. The summed E-state index contributed by atoms with van der Waals surface area (Å²) in [6.07, 6.45) is 2.77. The summed E-state index contributed by atoms with van der Waals surface area (Å²) in [5, 5.41) is 11.7. The topological polar surface area (TPSA) is 49.3 Å². The van der Waals surface area contributed by atoms with Crippen molar-refractivity contribution < 1.29 is 9.90 Å². The van der Waals surface area contributed by atoms with Crippen LogP contribution in [0.5, 0.6) is 0 Å². The minimum atomic E-state index is -0.908. The van der Waals surface area contributed by atoms with Crippen molar-refractivity contribution in [3.63, 3.8) is 0 Å². The van der Waals surface area contributed by atoms with Gasteiger partial charge in [0.2, 0.25) is 0 Å². The number of aliphatic carboxylic acids is 1. The minimum Gasteiger partial charge on any atom is -0.478 e. The van der Waals surface area contributed by atoms with Crippen molar-refractivity contribution in [2.45, 2.75) is 19.3 Å². The molecule has 1 aromatic carbocycles. The molecule has 0 aliphatic carbocycles. The zero-order valence-corrected chi connectivity index (χ0v) is 10.3. The molecule has 92 valence electrons. The summed E-state index contributed by atoms with van der Waals surface area (Å²) in [6.45, 7) is 5.70. The molecule has 0 aromatic heterocycles. The molecule has 1 aromatic rings. The maximum atomic E-state index is 10.3. The molecule has 1 rings (SSSR count). The summed E-state index contributed by atoms with van der Waals surface area (Å²) in [4.78, 5) is 10.3. The molecule has 0 atom stereocenters. The lowest BCUT2D eigenvalue weighted by Crippen LogP contribution is -2.33. The summed E-state index contributed by atoms with van der Waals surface area (Å²) >= 11 is 0. The van der Waals surface area contributed by atoms with Gasteiger partial charge >= 0.3 is 5.97 Å². The smallest absolute Gasteiger partial charge is 0.328 e. The predicted octanol–water partition coefficient (Wildman–Crippen LogP) is 2.19. The van der Waals surface area contributed by atoms with Crippen LogP contribution in [0.2, 0.25) is 0 Å². The zero-order valence-electron chi connectivity index (χ0n) is 10.3. The molecule has 0 saturated heterocycles. The highest BCUT2D eigenvalue weighted by Crippen LogP contribution is 2.21. The lowest BCUT2D eigenvalue weighted by molar-refractivity contribution is -0.131. The van der Waals surface area contributed by atoms with Gasteiger partial charge in [-0.1, -0.05) is 50.3 Å². The van der Waals surface area contributed by atoms with Crippen LogP contribution < -0.4 is 5.32 Å². The van der Waals surface area contributed by atoms with E-state index in [0.717, 1.165) is 12.6 Å². The van der Waals surface area contributed by atoms with Gasteiger partial charge in [-0.2, -0.15) is 0 Å². The fourth-order valence-corrected chi connectivity index (χ4v) is 1.62. The fourth-order valence-electron chi connectivity index (χ4n) is 1.62. The second-order valence-electron chi connectivity index (χ2n) is 4.62. The Hall–Kier alpha value is -1.61. The van der Waals surface area contributed by atoms with Gasteiger partial charge in [0.25, 0.3) is 0 Å². The van der Waals surface area contributed by atoms with E-state index in [4.69, 9.17) is 5.11 Å². The minimum absolute atomic E-state index is 0.0400. The van der Waals surface area contributed by atoms with E-state index >= 15 is 0 Å². The number of nitrogens with one attached hydrogen (secondary N) is 1. The van der Waals surface area contributed by atoms with Crippen molar-refractivity contribution in [1.82, 2.24) is 5.32 Å². The maximum Gasteiger partial charge on any atom is 0.328 e. The highest BCUT2D eigenvalue weighted by Gasteiger charge is 2.18. The molecule has 0 saturated carbocycles. The van der Waals surface area contributed by atoms with Gasteiger partial charge in [0, 0.05) is 24.6 Å². The fraction of sp³-hybridized carbons (Fsp3) is 0.357. The second-order valence-corrected chi connectivity index (χ2v) is 4.62. The SMILES string of the molecule is CC(C)(CNC/C=C/C(=O)O)c1ccccc1. The number of carbonyl (C=O) groups is 1. The number of hydrogen-bond acceptors (Lipinski definition) is 2. The van der Waals surface area contributed by atoms with Crippen molar-refractivity contribution in [2.75, 3.05) is 13.1 Å². The number of hydrogen-bond donors (Lipinski definition) is 2. The van der Waals surface area contributed by atoms with Crippen LogP contribution in [0, 0.1) is 0 Å². The first-order chi connectivity index (χ1) is 8.02. The van der Waals surface area contributed by atoms with Gasteiger partial charge in [0.05, 0.1) is 0 Å². The monoisotopic (exact) mass is 233 g/mol. The average molecular weight is 233 g/mol. The first-order valence-electron chi connectivity index (χ1n) is 5.68. The first kappa shape index (κ1) is 13.5. The second kappa shape index (κ2) is 6.21. The van der Waals surface area contributed by atoms with E-state index in [9.17, 15) is 4.79 Å². The van der Waals surface area contributed by atoms with Crippen molar-refractivity contribution in [3.8, 4) is 0 Å². The maximum absolute atomic E-state index is 10.3. The number of rotatable bonds is 6. The van der Waals surface area contributed by atoms with Crippen molar-refractivity contribution in [1.29, 1.82) is 0 Å². The summed E-state index contributed by atoms with van der Waals surface area (Å²) in [6, 6.07) is 10.3. The Morgan fingerprint density at radius 1 is 1.35 bits per heavy atom. The van der Waals surface area contributed by atoms with Gasteiger partial charge in [0.15, 0.2) is 0 Å². The quantitative estimate of drug-likeness (QED) is 0.585. The molecule has 0 aliphatic rings. The van der Waals surface area contributed by atoms with Crippen LogP contribution in [0.15, 0.2) is 42.5 Å². The van der Waals surface area contributed by atoms with Crippen molar-refractivity contribution >= 4 is 5.97 Å². The molecule has 0 amide bonds. The van der Waals surface area contributed by atoms with E-state index in [0.29, 0.717) is 6.54 Å². The molecule has 0 unspecified atom stereocenters. The van der Waals surface area contributed by atoms with Gasteiger partial charge < -0.3 is 10.4 Å². The highest BCUT2D eigenvalue weighted by molar-refractivity contribution is 5.79. The lowest BCUT2D eigenvalue weighted by Gasteiger charge is -2.25. The normalized spacial score (nSPS) is 11.9. The summed E-state index contributed by atoms with van der Waals surface area (Å²) in [5.41, 5.74) is 1.31. The van der Waals surface area contributed by atoms with E-state index in [1.165, 1.54) is 5.56 Å². The Bertz CT molecular complexity index is 382. The molecular formula is C14H19NO2. The molecule has 3 heteroatoms. The largest absolute Gasteiger partial charge is 0.478 e. The van der Waals surface area contributed by atoms with E-state index < -0.39 is 5.97 Å². The Labute approximate surface area is 102 Å². The predicted molar refractivity (Wildman–Crippen MR) is 69.1 cm³/mol. The van der Waals surface area contributed by atoms with Gasteiger partial charge in [0.1, 0.15) is 0 Å². The number of carboxylic acids is 1. The molecule has 0 fully saturated rings. The summed E-state index contributed by atoms with van der Waals surface area (Å²) < 4.78 is 0. The van der Waals surface area contributed by atoms with Crippen LogP contribution in [-0.4, -0.2) is 24.2 Å². The van der Waals surface area contributed by atoms with Crippen molar-refractivity contribution in [3.05, 3.63) is 48.0 Å². The zero-order chi connectivity index (χ0) is 12.7. The highest BCUT2D eigenvalue weighted by atomic mass is 16.4. The number of carboxylic acid groups (broad SMARTS) is 1. The third-order valence-corrected chi connectivity index (χ3v) is 2.64. The third-order valence-electron chi connectivity index (χ3n) is 2.64. The van der Waals surface area contributed by atoms with Gasteiger partial charge in [-0.05, 0) is 5.56 Å². The Kier molecular flexibility index (Phi) is 4.91. The standard InChI is InChI=1S/C14H19NO2/c1-14(2,12-7-4-3-5-8-12)11-15-10-6-9-13(16)17/h3-9,15H,10-11H2,1-2H3,(H,16,17)/b9-6+. The van der Waals surface area contributed by atoms with Gasteiger partial charge in [-0.15, -0.1) is 0 Å². The molecule has 0 spiro atoms. The van der Waals surface area contributed by atoms with E-state index in [2.05, 4.69) is 31.3 Å². The molecule has 17 heavy (non-hydrogen) atoms. The Morgan fingerprint density at radius 3 is 2.59 bits per heavy atom. The molecule has 2 N–H and O–H groups in total. The molecule has 3 nitrogen and oxygen atoms in total. The van der Waals surface area contributed by atoms with Crippen LogP contribution in [0.1, 0.15) is 19.4 Å². The average Bonchev–Trinajstić information content (AvgIpc) is 2.29. The Balaban J connectivity index is 2.43. The molecule has 0 radical (unpaired) electrons. The van der Waals surface area contributed by atoms with Crippen LogP contribution in [0.3, 0.4) is 0 Å².